The molecule has 138 valence electrons. The third-order valence-corrected chi connectivity index (χ3v) is 5.32. The lowest BCUT2D eigenvalue weighted by atomic mass is 9.64. The molecule has 3 aromatic rings. The summed E-state index contributed by atoms with van der Waals surface area (Å²) >= 11 is 0. The molecule has 5 nitrogen and oxygen atoms in total. The van der Waals surface area contributed by atoms with E-state index in [4.69, 9.17) is 4.74 Å². The lowest BCUT2D eigenvalue weighted by Gasteiger charge is -2.39. The normalized spacial score (nSPS) is 15.3. The van der Waals surface area contributed by atoms with E-state index >= 15 is 0 Å². The van der Waals surface area contributed by atoms with E-state index in [1.54, 1.807) is 24.3 Å². The minimum absolute atomic E-state index is 0.110. The summed E-state index contributed by atoms with van der Waals surface area (Å²) in [6.45, 7) is 1.77. The van der Waals surface area contributed by atoms with Gasteiger partial charge in [-0.25, -0.2) is 9.37 Å². The summed E-state index contributed by atoms with van der Waals surface area (Å²) < 4.78 is 18.7. The molecule has 1 saturated carbocycles. The number of ether oxygens (including phenoxy) is 1. The molecule has 1 aliphatic carbocycles. The number of benzene rings is 2. The zero-order valence-electron chi connectivity index (χ0n) is 14.9. The van der Waals surface area contributed by atoms with Crippen LogP contribution < -0.4 is 5.56 Å². The van der Waals surface area contributed by atoms with Gasteiger partial charge in [0.05, 0.1) is 16.3 Å². The molecular weight excluding hydrogens is 347 g/mol. The first-order chi connectivity index (χ1) is 13.0. The fraction of sp³-hybridized carbons (Fsp3) is 0.286. The predicted molar refractivity (Wildman–Crippen MR) is 98.8 cm³/mol. The maximum Gasteiger partial charge on any atom is 0.317 e. The molecule has 1 aliphatic rings. The van der Waals surface area contributed by atoms with Crippen LogP contribution in [0.5, 0.6) is 0 Å². The fourth-order valence-corrected chi connectivity index (χ4v) is 3.60. The third-order valence-electron chi connectivity index (χ3n) is 5.32. The summed E-state index contributed by atoms with van der Waals surface area (Å²) in [7, 11) is 0. The van der Waals surface area contributed by atoms with Gasteiger partial charge in [-0.05, 0) is 49.1 Å². The molecule has 1 N–H and O–H groups in total. The summed E-state index contributed by atoms with van der Waals surface area (Å²) in [6, 6.07) is 11.4. The van der Waals surface area contributed by atoms with Crippen molar-refractivity contribution in [1.82, 2.24) is 9.97 Å². The number of carbonyl (C=O) groups is 1. The molecule has 0 saturated heterocycles. The van der Waals surface area contributed by atoms with Gasteiger partial charge in [0, 0.05) is 0 Å². The van der Waals surface area contributed by atoms with Crippen LogP contribution in [0.1, 0.15) is 36.2 Å². The number of aromatic nitrogens is 2. The second kappa shape index (κ2) is 6.61. The zero-order chi connectivity index (χ0) is 19.0. The molecule has 1 aromatic heterocycles. The van der Waals surface area contributed by atoms with E-state index in [-0.39, 0.29) is 24.0 Å². The van der Waals surface area contributed by atoms with Gasteiger partial charge < -0.3 is 9.72 Å². The number of rotatable bonds is 4. The van der Waals surface area contributed by atoms with Gasteiger partial charge in [0.2, 0.25) is 0 Å². The van der Waals surface area contributed by atoms with Crippen molar-refractivity contribution < 1.29 is 13.9 Å². The molecular formula is C21H19FN2O3. The largest absolute Gasteiger partial charge is 0.457 e. The van der Waals surface area contributed by atoms with Gasteiger partial charge in [-0.15, -0.1) is 0 Å². The van der Waals surface area contributed by atoms with E-state index in [1.165, 1.54) is 12.1 Å². The Labute approximate surface area is 155 Å². The Balaban J connectivity index is 1.57. The van der Waals surface area contributed by atoms with Crippen LogP contribution in [-0.4, -0.2) is 15.9 Å². The number of para-hydroxylation sites is 1. The zero-order valence-corrected chi connectivity index (χ0v) is 14.9. The van der Waals surface area contributed by atoms with Gasteiger partial charge in [-0.3, -0.25) is 9.59 Å². The number of nitrogens with zero attached hydrogens (tertiary/aromatic N) is 1. The number of fused-ring (bicyclic) bond motifs is 1. The monoisotopic (exact) mass is 366 g/mol. The lowest BCUT2D eigenvalue weighted by Crippen LogP contribution is -2.43. The van der Waals surface area contributed by atoms with Gasteiger partial charge in [-0.1, -0.05) is 30.7 Å². The molecule has 27 heavy (non-hydrogen) atoms. The van der Waals surface area contributed by atoms with E-state index in [0.717, 1.165) is 17.5 Å². The van der Waals surface area contributed by atoms with E-state index < -0.39 is 5.41 Å². The topological polar surface area (TPSA) is 72.1 Å². The average molecular weight is 366 g/mol. The van der Waals surface area contributed by atoms with Crippen LogP contribution in [0.3, 0.4) is 0 Å². The SMILES string of the molecule is Cc1cccc2c(=O)[nH]c(COC(=O)C3(c4ccc(F)cc4)CCC3)nc12. The molecule has 0 radical (unpaired) electrons. The molecule has 0 spiro atoms. The van der Waals surface area contributed by atoms with Crippen molar-refractivity contribution in [1.29, 1.82) is 0 Å². The highest BCUT2D eigenvalue weighted by Gasteiger charge is 2.47. The van der Waals surface area contributed by atoms with Crippen LogP contribution in [0.25, 0.3) is 10.9 Å². The van der Waals surface area contributed by atoms with Crippen molar-refractivity contribution in [2.24, 2.45) is 0 Å². The van der Waals surface area contributed by atoms with Crippen LogP contribution in [0.4, 0.5) is 4.39 Å². The van der Waals surface area contributed by atoms with Crippen molar-refractivity contribution >= 4 is 16.9 Å². The van der Waals surface area contributed by atoms with E-state index in [9.17, 15) is 14.0 Å². The van der Waals surface area contributed by atoms with Crippen molar-refractivity contribution in [3.63, 3.8) is 0 Å². The number of hydrogen-bond donors (Lipinski definition) is 1. The smallest absolute Gasteiger partial charge is 0.317 e. The molecule has 2 aromatic carbocycles. The Hall–Kier alpha value is -3.02. The Kier molecular flexibility index (Phi) is 4.26. The highest BCUT2D eigenvalue weighted by molar-refractivity contribution is 5.84. The standard InChI is InChI=1S/C21H19FN2O3/c1-13-4-2-5-16-18(13)23-17(24-19(16)25)12-27-20(26)21(10-3-11-21)14-6-8-15(22)9-7-14/h2,4-9H,3,10-12H2,1H3,(H,23,24,25). The Morgan fingerprint density at radius 1 is 1.22 bits per heavy atom. The predicted octanol–water partition coefficient (Wildman–Crippen LogP) is 3.54. The molecule has 1 heterocycles. The minimum atomic E-state index is -0.735. The van der Waals surface area contributed by atoms with Crippen LogP contribution in [-0.2, 0) is 21.6 Å². The Morgan fingerprint density at radius 2 is 1.96 bits per heavy atom. The van der Waals surface area contributed by atoms with Gasteiger partial charge in [0.1, 0.15) is 18.2 Å². The van der Waals surface area contributed by atoms with Crippen LogP contribution in [0.15, 0.2) is 47.3 Å². The highest BCUT2D eigenvalue weighted by Crippen LogP contribution is 2.44. The number of H-pyrrole nitrogens is 1. The number of hydrogen-bond acceptors (Lipinski definition) is 4. The summed E-state index contributed by atoms with van der Waals surface area (Å²) in [5.41, 5.74) is 1.25. The van der Waals surface area contributed by atoms with E-state index in [1.807, 2.05) is 13.0 Å². The van der Waals surface area contributed by atoms with E-state index in [0.29, 0.717) is 29.6 Å². The number of nitrogens with one attached hydrogen (secondary N) is 1. The van der Waals surface area contributed by atoms with Crippen molar-refractivity contribution in [2.75, 3.05) is 0 Å². The maximum absolute atomic E-state index is 13.2. The quantitative estimate of drug-likeness (QED) is 0.717. The van der Waals surface area contributed by atoms with Crippen LogP contribution in [0, 0.1) is 12.7 Å². The second-order valence-electron chi connectivity index (χ2n) is 7.00. The van der Waals surface area contributed by atoms with Crippen molar-refractivity contribution in [3.8, 4) is 0 Å². The molecule has 6 heteroatoms. The number of esters is 1. The summed E-state index contributed by atoms with van der Waals surface area (Å²) in [5.74, 6) is -0.397. The molecule has 0 unspecified atom stereocenters. The summed E-state index contributed by atoms with van der Waals surface area (Å²) in [4.78, 5) is 32.1. The Bertz CT molecular complexity index is 1070. The fourth-order valence-electron chi connectivity index (χ4n) is 3.60. The molecule has 0 aliphatic heterocycles. The van der Waals surface area contributed by atoms with Crippen LogP contribution in [0.2, 0.25) is 0 Å². The van der Waals surface area contributed by atoms with Gasteiger partial charge >= 0.3 is 5.97 Å². The van der Waals surface area contributed by atoms with E-state index in [2.05, 4.69) is 9.97 Å². The lowest BCUT2D eigenvalue weighted by molar-refractivity contribution is -0.156. The minimum Gasteiger partial charge on any atom is -0.457 e. The van der Waals surface area contributed by atoms with Gasteiger partial charge in [-0.2, -0.15) is 0 Å². The Morgan fingerprint density at radius 3 is 2.63 bits per heavy atom. The molecule has 0 amide bonds. The van der Waals surface area contributed by atoms with Gasteiger partial charge in [0.25, 0.3) is 5.56 Å². The first-order valence-electron chi connectivity index (χ1n) is 8.91. The van der Waals surface area contributed by atoms with Gasteiger partial charge in [0.15, 0.2) is 0 Å². The summed E-state index contributed by atoms with van der Waals surface area (Å²) in [5, 5.41) is 0.506. The average Bonchev–Trinajstić information content (AvgIpc) is 2.61. The molecule has 4 rings (SSSR count). The van der Waals surface area contributed by atoms with Crippen molar-refractivity contribution in [2.45, 2.75) is 38.2 Å². The van der Waals surface area contributed by atoms with Crippen LogP contribution >= 0.6 is 0 Å². The first-order valence-corrected chi connectivity index (χ1v) is 8.91. The number of halogens is 1. The molecule has 0 bridgehead atoms. The number of aryl methyl sites for hydroxylation is 1. The first kappa shape index (κ1) is 17.4. The third kappa shape index (κ3) is 3.01. The molecule has 1 fully saturated rings. The number of carbonyl (C=O) groups excluding carboxylic acids is 1. The molecule has 0 atom stereocenters. The summed E-state index contributed by atoms with van der Waals surface area (Å²) in [6.07, 6.45) is 2.24. The van der Waals surface area contributed by atoms with Crippen molar-refractivity contribution in [3.05, 3.63) is 75.6 Å². The maximum atomic E-state index is 13.2. The second-order valence-corrected chi connectivity index (χ2v) is 7.00. The number of aromatic amines is 1. The highest BCUT2D eigenvalue weighted by atomic mass is 19.1.